The maximum absolute atomic E-state index is 12.3. The van der Waals surface area contributed by atoms with Crippen molar-refractivity contribution < 1.29 is 34.2 Å². The van der Waals surface area contributed by atoms with Crippen molar-refractivity contribution in [3.63, 3.8) is 0 Å². The van der Waals surface area contributed by atoms with Crippen LogP contribution in [0.4, 0.5) is 22.9 Å². The minimum atomic E-state index is -4.88. The van der Waals surface area contributed by atoms with Gasteiger partial charge in [-0.1, -0.05) is 0 Å². The van der Waals surface area contributed by atoms with Crippen molar-refractivity contribution >= 4 is 30.7 Å². The van der Waals surface area contributed by atoms with Gasteiger partial charge in [-0.3, -0.25) is 19.3 Å². The number of anilines is 4. The van der Waals surface area contributed by atoms with Crippen molar-refractivity contribution in [3.05, 3.63) is 44.1 Å². The molecule has 31 heavy (non-hydrogen) atoms. The number of aryl methyl sites for hydroxylation is 2. The molecule has 0 radical (unpaired) electrons. The van der Waals surface area contributed by atoms with Gasteiger partial charge < -0.3 is 35.3 Å². The number of H-pyrrole nitrogens is 2. The van der Waals surface area contributed by atoms with E-state index in [1.54, 1.807) is 12.1 Å². The highest BCUT2D eigenvalue weighted by Gasteiger charge is 2.33. The van der Waals surface area contributed by atoms with E-state index in [-0.39, 0.29) is 18.1 Å². The first-order chi connectivity index (χ1) is 14.4. The Morgan fingerprint density at radius 3 is 2.35 bits per heavy atom. The van der Waals surface area contributed by atoms with Gasteiger partial charge in [0.2, 0.25) is 0 Å². The second kappa shape index (κ2) is 8.55. The summed E-state index contributed by atoms with van der Waals surface area (Å²) in [5, 5.41) is 33.5. The molecule has 1 aromatic heterocycles. The Balaban J connectivity index is 1.95. The fraction of sp³-hybridized carbons (Fsp3) is 0.412. The SMILES string of the molecule is Cc1cc2c(cc1C)N(C[C@H](O)[C@H](O)[C@H](O)COP(=O)(O)O)c1[nH]c(=O)[nH]c(=O)c1N2. The molecule has 1 aliphatic heterocycles. The second-order valence-electron chi connectivity index (χ2n) is 7.23. The first-order valence-corrected chi connectivity index (χ1v) is 10.7. The molecule has 2 heterocycles. The first-order valence-electron chi connectivity index (χ1n) is 9.14. The predicted octanol–water partition coefficient (Wildman–Crippen LogP) is -0.933. The lowest BCUT2D eigenvalue weighted by atomic mass is 10.0. The number of hydrogen-bond donors (Lipinski definition) is 8. The molecule has 8 N–H and O–H groups in total. The molecule has 3 atom stereocenters. The molecule has 2 aromatic rings. The quantitative estimate of drug-likeness (QED) is 0.238. The number of aromatic amines is 2. The Morgan fingerprint density at radius 1 is 1.06 bits per heavy atom. The van der Waals surface area contributed by atoms with Crippen LogP contribution < -0.4 is 21.5 Å². The van der Waals surface area contributed by atoms with Crippen molar-refractivity contribution in [2.75, 3.05) is 23.4 Å². The van der Waals surface area contributed by atoms with Crippen LogP contribution >= 0.6 is 7.82 Å². The van der Waals surface area contributed by atoms with Crippen LogP contribution in [0.2, 0.25) is 0 Å². The van der Waals surface area contributed by atoms with Crippen LogP contribution in [0.5, 0.6) is 0 Å². The summed E-state index contributed by atoms with van der Waals surface area (Å²) in [5.74, 6) is 0.0386. The average molecular weight is 458 g/mol. The zero-order valence-electron chi connectivity index (χ0n) is 16.6. The van der Waals surface area contributed by atoms with Crippen LogP contribution in [0.25, 0.3) is 0 Å². The Hall–Kier alpha value is -2.51. The molecule has 1 aliphatic rings. The van der Waals surface area contributed by atoms with Crippen LogP contribution in [0.3, 0.4) is 0 Å². The second-order valence-corrected chi connectivity index (χ2v) is 8.47. The van der Waals surface area contributed by atoms with E-state index in [2.05, 4.69) is 19.8 Å². The van der Waals surface area contributed by atoms with Gasteiger partial charge in [-0.15, -0.1) is 0 Å². The van der Waals surface area contributed by atoms with E-state index >= 15 is 0 Å². The van der Waals surface area contributed by atoms with Crippen LogP contribution in [0.15, 0.2) is 21.7 Å². The van der Waals surface area contributed by atoms with Gasteiger partial charge in [0.25, 0.3) is 5.56 Å². The fourth-order valence-electron chi connectivity index (χ4n) is 3.19. The summed E-state index contributed by atoms with van der Waals surface area (Å²) in [4.78, 5) is 47.6. The molecule has 0 bridgehead atoms. The third kappa shape index (κ3) is 5.05. The standard InChI is InChI=1S/C17H23N4O9P/c1-7-3-9-10(4-8(7)2)21(15-13(18-9)16(25)20-17(26)19-15)5-11(22)14(24)12(23)6-30-31(27,28)29/h3-4,11-12,14,18,22-24H,5-6H2,1-2H3,(H2,27,28,29)(H2,19,20,25,26)/t11-,12+,14-/m0/s1. The number of aromatic nitrogens is 2. The lowest BCUT2D eigenvalue weighted by molar-refractivity contribution is -0.0717. The highest BCUT2D eigenvalue weighted by atomic mass is 31.2. The molecule has 14 heteroatoms. The molecule has 0 saturated heterocycles. The molecule has 0 unspecified atom stereocenters. The van der Waals surface area contributed by atoms with Gasteiger partial charge in [0.05, 0.1) is 24.5 Å². The summed E-state index contributed by atoms with van der Waals surface area (Å²) in [7, 11) is -4.88. The van der Waals surface area contributed by atoms with Crippen molar-refractivity contribution in [1.82, 2.24) is 9.97 Å². The van der Waals surface area contributed by atoms with Crippen LogP contribution in [0, 0.1) is 13.8 Å². The minimum absolute atomic E-state index is 0.0161. The molecule has 170 valence electrons. The smallest absolute Gasteiger partial charge is 0.388 e. The van der Waals surface area contributed by atoms with E-state index in [9.17, 15) is 29.5 Å². The number of hydrogen-bond acceptors (Lipinski definition) is 9. The lowest BCUT2D eigenvalue weighted by Gasteiger charge is -2.35. The maximum Gasteiger partial charge on any atom is 0.469 e. The van der Waals surface area contributed by atoms with Crippen LogP contribution in [-0.2, 0) is 9.09 Å². The monoisotopic (exact) mass is 458 g/mol. The lowest BCUT2D eigenvalue weighted by Crippen LogP contribution is -2.46. The molecule has 3 rings (SSSR count). The Kier molecular flexibility index (Phi) is 6.39. The average Bonchev–Trinajstić information content (AvgIpc) is 2.67. The molecule has 0 fully saturated rings. The number of nitrogens with one attached hydrogen (secondary N) is 3. The zero-order valence-corrected chi connectivity index (χ0v) is 17.5. The summed E-state index contributed by atoms with van der Waals surface area (Å²) in [6.07, 6.45) is -5.32. The number of benzene rings is 1. The predicted molar refractivity (Wildman–Crippen MR) is 110 cm³/mol. The number of phosphoric ester groups is 1. The molecule has 0 amide bonds. The van der Waals surface area contributed by atoms with Gasteiger partial charge in [0.15, 0.2) is 0 Å². The molecular weight excluding hydrogens is 435 g/mol. The van der Waals surface area contributed by atoms with Gasteiger partial charge in [-0.2, -0.15) is 0 Å². The van der Waals surface area contributed by atoms with Crippen LogP contribution in [-0.4, -0.2) is 66.5 Å². The molecule has 0 aliphatic carbocycles. The van der Waals surface area contributed by atoms with Crippen molar-refractivity contribution in [1.29, 1.82) is 0 Å². The van der Waals surface area contributed by atoms with Crippen LogP contribution in [0.1, 0.15) is 11.1 Å². The Bertz CT molecular complexity index is 1140. The van der Waals surface area contributed by atoms with Gasteiger partial charge in [-0.05, 0) is 37.1 Å². The third-order valence-electron chi connectivity index (χ3n) is 4.93. The van der Waals surface area contributed by atoms with Gasteiger partial charge >= 0.3 is 13.5 Å². The normalized spacial score (nSPS) is 16.2. The Labute approximate surface area is 175 Å². The Morgan fingerprint density at radius 2 is 1.71 bits per heavy atom. The fourth-order valence-corrected chi connectivity index (χ4v) is 3.53. The van der Waals surface area contributed by atoms with Gasteiger partial charge in [-0.25, -0.2) is 9.36 Å². The van der Waals surface area contributed by atoms with E-state index in [0.29, 0.717) is 11.4 Å². The van der Waals surface area contributed by atoms with Crippen molar-refractivity contribution in [2.45, 2.75) is 32.2 Å². The summed E-state index contributed by atoms with van der Waals surface area (Å²) in [6, 6.07) is 3.53. The highest BCUT2D eigenvalue weighted by Crippen LogP contribution is 2.42. The molecule has 0 saturated carbocycles. The number of rotatable bonds is 7. The number of fused-ring (bicyclic) bond motifs is 2. The van der Waals surface area contributed by atoms with E-state index in [1.807, 2.05) is 13.8 Å². The summed E-state index contributed by atoms with van der Waals surface area (Å²) < 4.78 is 14.9. The van der Waals surface area contributed by atoms with E-state index in [4.69, 9.17) is 9.79 Å². The summed E-state index contributed by atoms with van der Waals surface area (Å²) >= 11 is 0. The van der Waals surface area contributed by atoms with E-state index in [0.717, 1.165) is 11.1 Å². The number of aliphatic hydroxyl groups excluding tert-OH is 3. The molecule has 0 spiro atoms. The summed E-state index contributed by atoms with van der Waals surface area (Å²) in [6.45, 7) is 2.41. The summed E-state index contributed by atoms with van der Waals surface area (Å²) in [5.41, 5.74) is 1.34. The van der Waals surface area contributed by atoms with Crippen molar-refractivity contribution in [3.8, 4) is 0 Å². The first kappa shape index (κ1) is 23.2. The topological polar surface area (TPSA) is 208 Å². The zero-order chi connectivity index (χ0) is 23.1. The largest absolute Gasteiger partial charge is 0.469 e. The number of phosphoric acid groups is 1. The maximum atomic E-state index is 12.3. The number of β-amino-alcohol motifs (C(OH)–C–C–N with tert-alkyl or cyclic N) is 1. The number of aliphatic hydroxyl groups is 3. The number of nitrogens with zero attached hydrogens (tertiary/aromatic N) is 1. The van der Waals surface area contributed by atoms with E-state index < -0.39 is 44.0 Å². The minimum Gasteiger partial charge on any atom is -0.388 e. The van der Waals surface area contributed by atoms with Gasteiger partial charge in [0, 0.05) is 0 Å². The van der Waals surface area contributed by atoms with Gasteiger partial charge in [0.1, 0.15) is 29.8 Å². The molecule has 1 aromatic carbocycles. The highest BCUT2D eigenvalue weighted by molar-refractivity contribution is 7.46. The molecule has 13 nitrogen and oxygen atoms in total. The van der Waals surface area contributed by atoms with E-state index in [1.165, 1.54) is 4.90 Å². The van der Waals surface area contributed by atoms with Crippen molar-refractivity contribution in [2.24, 2.45) is 0 Å². The third-order valence-corrected chi connectivity index (χ3v) is 5.41. The molecular formula is C17H23N4O9P.